The van der Waals surface area contributed by atoms with Crippen LogP contribution in [0.15, 0.2) is 36.5 Å². The van der Waals surface area contributed by atoms with Crippen LogP contribution in [-0.4, -0.2) is 27.3 Å². The van der Waals surface area contributed by atoms with Crippen LogP contribution in [0.5, 0.6) is 0 Å². The summed E-state index contributed by atoms with van der Waals surface area (Å²) in [4.78, 5) is 15.1. The van der Waals surface area contributed by atoms with Crippen molar-refractivity contribution < 1.29 is 9.53 Å². The molecule has 0 saturated carbocycles. The van der Waals surface area contributed by atoms with E-state index in [-0.39, 0.29) is 5.97 Å². The van der Waals surface area contributed by atoms with Gasteiger partial charge in [0.05, 0.1) is 12.3 Å². The number of aryl methyl sites for hydroxylation is 1. The Hall–Kier alpha value is -2.56. The average molecular weight is 283 g/mol. The van der Waals surface area contributed by atoms with Crippen molar-refractivity contribution in [3.8, 4) is 11.3 Å². The van der Waals surface area contributed by atoms with E-state index in [9.17, 15) is 4.79 Å². The SMILES string of the molecule is CCOC(=O)c1cc(-c2c[nH]c3ccccc23)n(CC)n1. The number of carbonyl (C=O) groups excluding carboxylic acids is 1. The lowest BCUT2D eigenvalue weighted by Crippen LogP contribution is -2.06. The van der Waals surface area contributed by atoms with Crippen LogP contribution in [0.1, 0.15) is 24.3 Å². The van der Waals surface area contributed by atoms with Crippen molar-refractivity contribution >= 4 is 16.9 Å². The van der Waals surface area contributed by atoms with E-state index in [1.165, 1.54) is 0 Å². The third kappa shape index (κ3) is 2.31. The van der Waals surface area contributed by atoms with Crippen LogP contribution in [0.2, 0.25) is 0 Å². The van der Waals surface area contributed by atoms with Crippen molar-refractivity contribution in [2.45, 2.75) is 20.4 Å². The summed E-state index contributed by atoms with van der Waals surface area (Å²) < 4.78 is 6.84. The molecule has 21 heavy (non-hydrogen) atoms. The predicted octanol–water partition coefficient (Wildman–Crippen LogP) is 3.23. The van der Waals surface area contributed by atoms with Crippen LogP contribution in [-0.2, 0) is 11.3 Å². The average Bonchev–Trinajstić information content (AvgIpc) is 3.11. The molecular formula is C16H17N3O2. The molecule has 1 aromatic carbocycles. The van der Waals surface area contributed by atoms with Gasteiger partial charge in [0.25, 0.3) is 0 Å². The Balaban J connectivity index is 2.11. The molecule has 0 fully saturated rings. The summed E-state index contributed by atoms with van der Waals surface area (Å²) in [6, 6.07) is 9.86. The second-order valence-corrected chi connectivity index (χ2v) is 4.70. The Bertz CT molecular complexity index is 786. The molecular weight excluding hydrogens is 266 g/mol. The number of fused-ring (bicyclic) bond motifs is 1. The second kappa shape index (κ2) is 5.44. The number of hydrogen-bond acceptors (Lipinski definition) is 3. The number of aromatic nitrogens is 3. The van der Waals surface area contributed by atoms with Crippen LogP contribution in [0.25, 0.3) is 22.2 Å². The maximum absolute atomic E-state index is 11.9. The Labute approximate surface area is 122 Å². The van der Waals surface area contributed by atoms with E-state index in [0.29, 0.717) is 18.8 Å². The molecule has 0 atom stereocenters. The van der Waals surface area contributed by atoms with E-state index in [2.05, 4.69) is 16.1 Å². The zero-order valence-corrected chi connectivity index (χ0v) is 12.1. The van der Waals surface area contributed by atoms with Gasteiger partial charge >= 0.3 is 5.97 Å². The molecule has 0 saturated heterocycles. The molecule has 0 spiro atoms. The number of H-pyrrole nitrogens is 1. The number of hydrogen-bond donors (Lipinski definition) is 1. The summed E-state index contributed by atoms with van der Waals surface area (Å²) in [7, 11) is 0. The van der Waals surface area contributed by atoms with Gasteiger partial charge in [0.2, 0.25) is 0 Å². The number of rotatable bonds is 4. The number of esters is 1. The highest BCUT2D eigenvalue weighted by Crippen LogP contribution is 2.29. The fourth-order valence-corrected chi connectivity index (χ4v) is 2.46. The van der Waals surface area contributed by atoms with Gasteiger partial charge in [-0.25, -0.2) is 4.79 Å². The molecule has 0 radical (unpaired) electrons. The largest absolute Gasteiger partial charge is 0.461 e. The van der Waals surface area contributed by atoms with Crippen molar-refractivity contribution in [1.29, 1.82) is 0 Å². The number of ether oxygens (including phenoxy) is 1. The molecule has 108 valence electrons. The summed E-state index contributed by atoms with van der Waals surface area (Å²) in [5.74, 6) is -0.384. The standard InChI is InChI=1S/C16H17N3O2/c1-3-19-15(9-14(18-19)16(20)21-4-2)12-10-17-13-8-6-5-7-11(12)13/h5-10,17H,3-4H2,1-2H3. The lowest BCUT2D eigenvalue weighted by Gasteiger charge is -2.02. The highest BCUT2D eigenvalue weighted by Gasteiger charge is 2.17. The molecule has 5 heteroatoms. The van der Waals surface area contributed by atoms with Gasteiger partial charge in [0.1, 0.15) is 0 Å². The van der Waals surface area contributed by atoms with E-state index in [1.807, 2.05) is 36.0 Å². The minimum Gasteiger partial charge on any atom is -0.461 e. The lowest BCUT2D eigenvalue weighted by atomic mass is 10.1. The third-order valence-corrected chi connectivity index (χ3v) is 3.43. The van der Waals surface area contributed by atoms with Crippen molar-refractivity contribution in [2.75, 3.05) is 6.61 Å². The maximum Gasteiger partial charge on any atom is 0.358 e. The highest BCUT2D eigenvalue weighted by atomic mass is 16.5. The molecule has 2 aromatic heterocycles. The first-order chi connectivity index (χ1) is 10.2. The van der Waals surface area contributed by atoms with Crippen molar-refractivity contribution in [3.05, 3.63) is 42.2 Å². The molecule has 0 amide bonds. The van der Waals surface area contributed by atoms with Crippen molar-refractivity contribution in [1.82, 2.24) is 14.8 Å². The predicted molar refractivity (Wildman–Crippen MR) is 81.2 cm³/mol. The Morgan fingerprint density at radius 3 is 2.90 bits per heavy atom. The van der Waals surface area contributed by atoms with Crippen molar-refractivity contribution in [2.24, 2.45) is 0 Å². The van der Waals surface area contributed by atoms with Gasteiger partial charge in [-0.2, -0.15) is 5.10 Å². The Kier molecular flexibility index (Phi) is 3.48. The molecule has 0 unspecified atom stereocenters. The molecule has 0 aliphatic rings. The van der Waals surface area contributed by atoms with Gasteiger partial charge in [0.15, 0.2) is 5.69 Å². The first-order valence-electron chi connectivity index (χ1n) is 7.06. The minimum atomic E-state index is -0.384. The van der Waals surface area contributed by atoms with E-state index in [1.54, 1.807) is 13.0 Å². The van der Waals surface area contributed by atoms with Gasteiger partial charge in [-0.1, -0.05) is 18.2 Å². The quantitative estimate of drug-likeness (QED) is 0.748. The van der Waals surface area contributed by atoms with Gasteiger partial charge in [0, 0.05) is 29.2 Å². The molecule has 0 bridgehead atoms. The fourth-order valence-electron chi connectivity index (χ4n) is 2.46. The summed E-state index contributed by atoms with van der Waals surface area (Å²) >= 11 is 0. The van der Waals surface area contributed by atoms with Crippen LogP contribution in [0.4, 0.5) is 0 Å². The first kappa shape index (κ1) is 13.4. The monoisotopic (exact) mass is 283 g/mol. The second-order valence-electron chi connectivity index (χ2n) is 4.70. The van der Waals surface area contributed by atoms with Gasteiger partial charge in [-0.15, -0.1) is 0 Å². The van der Waals surface area contributed by atoms with Gasteiger partial charge in [-0.3, -0.25) is 4.68 Å². The highest BCUT2D eigenvalue weighted by molar-refractivity contribution is 5.96. The number of carbonyl (C=O) groups is 1. The number of aromatic amines is 1. The molecule has 3 aromatic rings. The van der Waals surface area contributed by atoms with Crippen LogP contribution < -0.4 is 0 Å². The Morgan fingerprint density at radius 1 is 1.33 bits per heavy atom. The smallest absolute Gasteiger partial charge is 0.358 e. The molecule has 2 heterocycles. The number of nitrogens with zero attached hydrogens (tertiary/aromatic N) is 2. The summed E-state index contributed by atoms with van der Waals surface area (Å²) in [5.41, 5.74) is 3.36. The molecule has 3 rings (SSSR count). The zero-order valence-electron chi connectivity index (χ0n) is 12.1. The van der Waals surface area contributed by atoms with Gasteiger partial charge < -0.3 is 9.72 Å². The van der Waals surface area contributed by atoms with Crippen LogP contribution >= 0.6 is 0 Å². The van der Waals surface area contributed by atoms with E-state index >= 15 is 0 Å². The van der Waals surface area contributed by atoms with Crippen LogP contribution in [0.3, 0.4) is 0 Å². The van der Waals surface area contributed by atoms with E-state index in [0.717, 1.165) is 22.2 Å². The number of nitrogens with one attached hydrogen (secondary N) is 1. The normalized spacial score (nSPS) is 11.0. The van der Waals surface area contributed by atoms with Gasteiger partial charge in [-0.05, 0) is 26.0 Å². The summed E-state index contributed by atoms with van der Waals surface area (Å²) in [6.45, 7) is 4.82. The number of para-hydroxylation sites is 1. The van der Waals surface area contributed by atoms with E-state index in [4.69, 9.17) is 4.74 Å². The number of benzene rings is 1. The maximum atomic E-state index is 11.9. The van der Waals surface area contributed by atoms with Crippen molar-refractivity contribution in [3.63, 3.8) is 0 Å². The topological polar surface area (TPSA) is 59.9 Å². The lowest BCUT2D eigenvalue weighted by molar-refractivity contribution is 0.0518. The first-order valence-corrected chi connectivity index (χ1v) is 7.06. The summed E-state index contributed by atoms with van der Waals surface area (Å²) in [6.07, 6.45) is 1.95. The molecule has 5 nitrogen and oxygen atoms in total. The summed E-state index contributed by atoms with van der Waals surface area (Å²) in [5, 5.41) is 5.45. The minimum absolute atomic E-state index is 0.346. The third-order valence-electron chi connectivity index (χ3n) is 3.43. The Morgan fingerprint density at radius 2 is 2.14 bits per heavy atom. The zero-order chi connectivity index (χ0) is 14.8. The molecule has 0 aliphatic heterocycles. The molecule has 1 N–H and O–H groups in total. The fraction of sp³-hybridized carbons (Fsp3) is 0.250. The van der Waals surface area contributed by atoms with Crippen LogP contribution in [0, 0.1) is 0 Å². The van der Waals surface area contributed by atoms with E-state index < -0.39 is 0 Å². The molecule has 0 aliphatic carbocycles.